The Labute approximate surface area is 181 Å². The van der Waals surface area contributed by atoms with Gasteiger partial charge >= 0.3 is 12.0 Å². The highest BCUT2D eigenvalue weighted by Crippen LogP contribution is 2.24. The predicted octanol–water partition coefficient (Wildman–Crippen LogP) is 1.88. The molecule has 1 aliphatic rings. The molecule has 0 radical (unpaired) electrons. The molecule has 1 aromatic carbocycles. The number of aromatic nitrogens is 2. The van der Waals surface area contributed by atoms with Gasteiger partial charge in [-0.1, -0.05) is 18.5 Å². The molecule has 0 unspecified atom stereocenters. The van der Waals surface area contributed by atoms with E-state index < -0.39 is 41.8 Å². The van der Waals surface area contributed by atoms with E-state index >= 15 is 0 Å². The van der Waals surface area contributed by atoms with Crippen molar-refractivity contribution in [3.8, 4) is 5.69 Å². The van der Waals surface area contributed by atoms with Crippen LogP contribution in [-0.2, 0) is 14.3 Å². The Morgan fingerprint density at radius 3 is 2.52 bits per heavy atom. The summed E-state index contributed by atoms with van der Waals surface area (Å²) in [6.07, 6.45) is 0.328. The molecule has 4 amide bonds. The summed E-state index contributed by atoms with van der Waals surface area (Å²) in [6.45, 7) is 3.99. The van der Waals surface area contributed by atoms with Gasteiger partial charge in [0.1, 0.15) is 22.1 Å². The first-order valence-electron chi connectivity index (χ1n) is 9.21. The van der Waals surface area contributed by atoms with Gasteiger partial charge in [-0.15, -0.1) is 0 Å². The molecule has 31 heavy (non-hydrogen) atoms. The third-order valence-electron chi connectivity index (χ3n) is 4.82. The minimum absolute atomic E-state index is 0.0765. The maximum Gasteiger partial charge on any atom is 0.344 e. The van der Waals surface area contributed by atoms with Crippen LogP contribution in [0.4, 0.5) is 9.18 Å². The number of carbonyl (C=O) groups excluding carboxylic acids is 4. The van der Waals surface area contributed by atoms with Gasteiger partial charge in [-0.05, 0) is 44.5 Å². The van der Waals surface area contributed by atoms with Crippen molar-refractivity contribution in [3.63, 3.8) is 0 Å². The second kappa shape index (κ2) is 8.34. The second-order valence-electron chi connectivity index (χ2n) is 7.01. The monoisotopic (exact) mass is 451 g/mol. The van der Waals surface area contributed by atoms with E-state index in [1.54, 1.807) is 6.92 Å². The maximum absolute atomic E-state index is 13.1. The highest BCUT2D eigenvalue weighted by molar-refractivity contribution is 6.33. The second-order valence-corrected chi connectivity index (χ2v) is 7.36. The normalized spacial score (nSPS) is 18.2. The molecule has 12 heteroatoms. The Morgan fingerprint density at radius 2 is 1.94 bits per heavy atom. The summed E-state index contributed by atoms with van der Waals surface area (Å²) >= 11 is 6.24. The highest BCUT2D eigenvalue weighted by Gasteiger charge is 2.47. The summed E-state index contributed by atoms with van der Waals surface area (Å²) in [7, 11) is 0. The van der Waals surface area contributed by atoms with Crippen LogP contribution in [0.25, 0.3) is 5.69 Å². The van der Waals surface area contributed by atoms with Crippen molar-refractivity contribution < 1.29 is 28.3 Å². The van der Waals surface area contributed by atoms with Gasteiger partial charge in [0.25, 0.3) is 11.8 Å². The first-order valence-corrected chi connectivity index (χ1v) is 9.59. The average molecular weight is 452 g/mol. The molecule has 1 saturated heterocycles. The van der Waals surface area contributed by atoms with Crippen molar-refractivity contribution in [2.45, 2.75) is 32.7 Å². The number of hydrazine groups is 1. The van der Waals surface area contributed by atoms with Crippen molar-refractivity contribution >= 4 is 35.4 Å². The fourth-order valence-corrected chi connectivity index (χ4v) is 3.22. The number of benzene rings is 1. The van der Waals surface area contributed by atoms with Crippen LogP contribution < -0.4 is 10.7 Å². The van der Waals surface area contributed by atoms with Crippen molar-refractivity contribution in [3.05, 3.63) is 46.5 Å². The van der Waals surface area contributed by atoms with Crippen molar-refractivity contribution in [1.82, 2.24) is 25.5 Å². The number of imide groups is 1. The molecule has 0 bridgehead atoms. The summed E-state index contributed by atoms with van der Waals surface area (Å²) in [4.78, 5) is 48.7. The number of esters is 1. The van der Waals surface area contributed by atoms with E-state index in [0.717, 1.165) is 0 Å². The molecule has 2 N–H and O–H groups in total. The number of amides is 4. The fourth-order valence-electron chi connectivity index (χ4n) is 2.87. The summed E-state index contributed by atoms with van der Waals surface area (Å²) in [5.41, 5.74) is 1.56. The first kappa shape index (κ1) is 22.2. The van der Waals surface area contributed by atoms with E-state index in [1.165, 1.54) is 42.8 Å². The quantitative estimate of drug-likeness (QED) is 0.510. The Morgan fingerprint density at radius 1 is 1.29 bits per heavy atom. The zero-order valence-corrected chi connectivity index (χ0v) is 17.6. The minimum atomic E-state index is -1.12. The summed E-state index contributed by atoms with van der Waals surface area (Å²) in [5, 5.41) is 7.08. The lowest BCUT2D eigenvalue weighted by atomic mass is 10.00. The number of hydrogen-bond donors (Lipinski definition) is 2. The molecular weight excluding hydrogens is 433 g/mol. The zero-order valence-electron chi connectivity index (χ0n) is 16.9. The van der Waals surface area contributed by atoms with Crippen molar-refractivity contribution in [2.24, 2.45) is 0 Å². The molecule has 1 aromatic heterocycles. The molecule has 1 aliphatic heterocycles. The molecular formula is C19H19ClFN5O5. The zero-order chi connectivity index (χ0) is 22.9. The Kier molecular flexibility index (Phi) is 5.98. The van der Waals surface area contributed by atoms with Gasteiger partial charge in [0.05, 0.1) is 11.4 Å². The molecule has 1 fully saturated rings. The number of rotatable bonds is 6. The largest absolute Gasteiger partial charge is 0.452 e. The van der Waals surface area contributed by atoms with Gasteiger partial charge < -0.3 is 10.1 Å². The number of hydrogen-bond acceptors (Lipinski definition) is 6. The van der Waals surface area contributed by atoms with Gasteiger partial charge in [-0.2, -0.15) is 10.1 Å². The number of halogens is 2. The Hall–Kier alpha value is -3.47. The van der Waals surface area contributed by atoms with Gasteiger partial charge in [0.2, 0.25) is 0 Å². The van der Waals surface area contributed by atoms with Crippen LogP contribution >= 0.6 is 11.6 Å². The number of nitrogens with zero attached hydrogens (tertiary/aromatic N) is 3. The van der Waals surface area contributed by atoms with Gasteiger partial charge in [-0.25, -0.2) is 18.7 Å². The van der Waals surface area contributed by atoms with E-state index in [0.29, 0.717) is 17.1 Å². The highest BCUT2D eigenvalue weighted by atomic mass is 35.5. The van der Waals surface area contributed by atoms with Crippen LogP contribution in [0.1, 0.15) is 36.3 Å². The topological polar surface area (TPSA) is 123 Å². The third-order valence-corrected chi connectivity index (χ3v) is 5.17. The predicted molar refractivity (Wildman–Crippen MR) is 106 cm³/mol. The SMILES string of the molecule is CC[C@@]1(C)NC(=O)N(NC(=O)COC(=O)c2c(C)nn(-c3ccc(F)cc3)c2Cl)C1=O. The van der Waals surface area contributed by atoms with Gasteiger partial charge in [0, 0.05) is 0 Å². The van der Waals surface area contributed by atoms with Gasteiger partial charge in [0.15, 0.2) is 6.61 Å². The third kappa shape index (κ3) is 4.22. The number of aryl methyl sites for hydroxylation is 1. The molecule has 0 saturated carbocycles. The minimum Gasteiger partial charge on any atom is -0.452 e. The standard InChI is InChI=1S/C19H19ClFN5O5/c1-4-19(3)17(29)26(18(30)22-19)24-13(27)9-31-16(28)14-10(2)23-25(15(14)20)12-7-5-11(21)6-8-12/h5-8H,4,9H2,1-3H3,(H,22,30)(H,24,27)/t19-/m1/s1. The fraction of sp³-hybridized carbons (Fsp3) is 0.316. The van der Waals surface area contributed by atoms with E-state index in [4.69, 9.17) is 16.3 Å². The average Bonchev–Trinajstić information content (AvgIpc) is 3.14. The first-order chi connectivity index (χ1) is 14.6. The molecule has 0 aliphatic carbocycles. The van der Waals surface area contributed by atoms with Crippen LogP contribution in [0.2, 0.25) is 5.15 Å². The Bertz CT molecular complexity index is 1070. The lowest BCUT2D eigenvalue weighted by Crippen LogP contribution is -2.49. The van der Waals surface area contributed by atoms with Crippen LogP contribution in [0.3, 0.4) is 0 Å². The van der Waals surface area contributed by atoms with Crippen molar-refractivity contribution in [1.29, 1.82) is 0 Å². The molecule has 164 valence electrons. The summed E-state index contributed by atoms with van der Waals surface area (Å²) in [6, 6.07) is 4.50. The number of carbonyl (C=O) groups is 4. The van der Waals surface area contributed by atoms with E-state index in [2.05, 4.69) is 15.8 Å². The van der Waals surface area contributed by atoms with E-state index in [9.17, 15) is 23.6 Å². The maximum atomic E-state index is 13.1. The van der Waals surface area contributed by atoms with Gasteiger partial charge in [-0.3, -0.25) is 15.0 Å². The Balaban J connectivity index is 1.66. The number of urea groups is 1. The summed E-state index contributed by atoms with van der Waals surface area (Å²) in [5.74, 6) is -2.89. The smallest absolute Gasteiger partial charge is 0.344 e. The lowest BCUT2D eigenvalue weighted by molar-refractivity contribution is -0.139. The molecule has 2 aromatic rings. The molecule has 1 atom stereocenters. The molecule has 10 nitrogen and oxygen atoms in total. The molecule has 3 rings (SSSR count). The van der Waals surface area contributed by atoms with Crippen molar-refractivity contribution in [2.75, 3.05) is 6.61 Å². The molecule has 0 spiro atoms. The van der Waals surface area contributed by atoms with Crippen LogP contribution in [0.15, 0.2) is 24.3 Å². The number of nitrogens with one attached hydrogen (secondary N) is 2. The van der Waals surface area contributed by atoms with E-state index in [1.807, 2.05) is 0 Å². The van der Waals surface area contributed by atoms with Crippen LogP contribution in [-0.4, -0.2) is 50.7 Å². The lowest BCUT2D eigenvalue weighted by Gasteiger charge is -2.19. The molecule has 2 heterocycles. The van der Waals surface area contributed by atoms with E-state index in [-0.39, 0.29) is 16.4 Å². The number of ether oxygens (including phenoxy) is 1. The van der Waals surface area contributed by atoms with Crippen LogP contribution in [0, 0.1) is 12.7 Å². The summed E-state index contributed by atoms with van der Waals surface area (Å²) < 4.78 is 19.3. The van der Waals surface area contributed by atoms with Crippen LogP contribution in [0.5, 0.6) is 0 Å².